The van der Waals surface area contributed by atoms with Gasteiger partial charge in [0.25, 0.3) is 0 Å². The molecule has 1 unspecified atom stereocenters. The summed E-state index contributed by atoms with van der Waals surface area (Å²) in [6, 6.07) is 13.2. The van der Waals surface area contributed by atoms with Crippen LogP contribution >= 0.6 is 0 Å². The molecule has 7 heteroatoms. The molecule has 38 heavy (non-hydrogen) atoms. The first-order valence-corrected chi connectivity index (χ1v) is 13.4. The largest absolute Gasteiger partial charge is 0.481 e. The van der Waals surface area contributed by atoms with Crippen LogP contribution in [0.25, 0.3) is 11.1 Å². The third-order valence-electron chi connectivity index (χ3n) is 8.40. The van der Waals surface area contributed by atoms with Crippen molar-refractivity contribution >= 4 is 5.97 Å². The second kappa shape index (κ2) is 10.5. The topological polar surface area (TPSA) is 113 Å². The first kappa shape index (κ1) is 26.3. The van der Waals surface area contributed by atoms with Gasteiger partial charge in [-0.05, 0) is 91.7 Å². The first-order chi connectivity index (χ1) is 18.2. The summed E-state index contributed by atoms with van der Waals surface area (Å²) in [6.07, 6.45) is 4.38. The van der Waals surface area contributed by atoms with Crippen LogP contribution < -0.4 is 4.74 Å². The Hall–Kier alpha value is -3.29. The van der Waals surface area contributed by atoms with Crippen molar-refractivity contribution in [1.82, 2.24) is 9.97 Å². The predicted octanol–water partition coefficient (Wildman–Crippen LogP) is 4.48. The molecule has 0 saturated heterocycles. The monoisotopic (exact) mass is 516 g/mol. The number of hydrogen-bond acceptors (Lipinski definition) is 6. The van der Waals surface area contributed by atoms with Gasteiger partial charge < -0.3 is 20.1 Å². The fourth-order valence-corrected chi connectivity index (χ4v) is 6.19. The van der Waals surface area contributed by atoms with E-state index in [0.29, 0.717) is 0 Å². The molecule has 3 N–H and O–H groups in total. The van der Waals surface area contributed by atoms with Crippen LogP contribution in [0, 0.1) is 26.2 Å². The normalized spacial score (nSPS) is 17.9. The molecule has 2 aromatic carbocycles. The van der Waals surface area contributed by atoms with Gasteiger partial charge >= 0.3 is 12.0 Å². The summed E-state index contributed by atoms with van der Waals surface area (Å²) in [5.41, 5.74) is 10.2. The smallest absolute Gasteiger partial charge is 0.316 e. The van der Waals surface area contributed by atoms with Crippen LogP contribution in [0.1, 0.15) is 64.4 Å². The molecule has 0 aliphatic heterocycles. The lowest BCUT2D eigenvalue weighted by Gasteiger charge is -2.17. The van der Waals surface area contributed by atoms with Crippen molar-refractivity contribution in [2.45, 2.75) is 71.3 Å². The number of hydrogen-bond donors (Lipinski definition) is 3. The Morgan fingerprint density at radius 2 is 1.84 bits per heavy atom. The molecule has 0 amide bonds. The fourth-order valence-electron chi connectivity index (χ4n) is 6.19. The van der Waals surface area contributed by atoms with Gasteiger partial charge in [-0.15, -0.1) is 0 Å². The number of aliphatic hydroxyl groups is 2. The molecule has 3 aromatic rings. The van der Waals surface area contributed by atoms with E-state index in [1.165, 1.54) is 27.8 Å². The molecule has 1 heterocycles. The van der Waals surface area contributed by atoms with E-state index in [4.69, 9.17) is 9.84 Å². The van der Waals surface area contributed by atoms with Gasteiger partial charge in [-0.3, -0.25) is 4.79 Å². The minimum absolute atomic E-state index is 0.0624. The number of aliphatic carboxylic acids is 1. The highest BCUT2D eigenvalue weighted by molar-refractivity contribution is 5.72. The second-order valence-electron chi connectivity index (χ2n) is 11.0. The quantitative estimate of drug-likeness (QED) is 0.364. The number of benzene rings is 2. The summed E-state index contributed by atoms with van der Waals surface area (Å²) >= 11 is 0. The van der Waals surface area contributed by atoms with E-state index >= 15 is 0 Å². The Morgan fingerprint density at radius 1 is 1.11 bits per heavy atom. The first-order valence-electron chi connectivity index (χ1n) is 13.4. The van der Waals surface area contributed by atoms with Crippen LogP contribution in [-0.4, -0.2) is 50.6 Å². The van der Waals surface area contributed by atoms with E-state index in [1.807, 2.05) is 13.8 Å². The third kappa shape index (κ3) is 5.18. The van der Waals surface area contributed by atoms with E-state index in [0.717, 1.165) is 54.6 Å². The number of aromatic nitrogens is 2. The van der Waals surface area contributed by atoms with E-state index in [9.17, 15) is 15.0 Å². The molecule has 1 spiro atoms. The van der Waals surface area contributed by atoms with Gasteiger partial charge in [0, 0.05) is 11.5 Å². The van der Waals surface area contributed by atoms with Crippen molar-refractivity contribution in [2.24, 2.45) is 5.41 Å². The summed E-state index contributed by atoms with van der Waals surface area (Å²) in [7, 11) is 0. The predicted molar refractivity (Wildman–Crippen MR) is 144 cm³/mol. The summed E-state index contributed by atoms with van der Waals surface area (Å²) < 4.78 is 5.47. The summed E-state index contributed by atoms with van der Waals surface area (Å²) in [5.74, 6) is -0.541. The van der Waals surface area contributed by atoms with E-state index < -0.39 is 12.1 Å². The number of nitrogens with zero attached hydrogens (tertiary/aromatic N) is 2. The average Bonchev–Trinajstić information content (AvgIpc) is 3.59. The Bertz CT molecular complexity index is 1340. The summed E-state index contributed by atoms with van der Waals surface area (Å²) in [4.78, 5) is 20.4. The lowest BCUT2D eigenvalue weighted by atomic mass is 9.87. The summed E-state index contributed by atoms with van der Waals surface area (Å²) in [6.45, 7) is 5.56. The molecule has 2 aliphatic carbocycles. The SMILES string of the molecule is Cc1nc(OC[C@H](O)CO)nc(C)c1-c1cccc(CCc2ccc3c(c2)CC2(CC2)C3CC(=O)O)c1C. The number of fused-ring (bicyclic) bond motifs is 1. The molecular weight excluding hydrogens is 480 g/mol. The summed E-state index contributed by atoms with van der Waals surface area (Å²) in [5, 5.41) is 28.0. The molecule has 200 valence electrons. The standard InChI is InChI=1S/C31H36N2O5/c1-18-22(5-4-6-25(18)29-19(2)32-30(33-20(29)3)38-17-24(35)16-34)9-7-21-8-10-26-23(13-21)15-31(11-12-31)27(26)14-28(36)37/h4-6,8,10,13,24,27,34-35H,7,9,11-12,14-17H2,1-3H3,(H,36,37)/t24-,27?/m1/s1. The van der Waals surface area contributed by atoms with Gasteiger partial charge in [-0.25, -0.2) is 0 Å². The van der Waals surface area contributed by atoms with Crippen LogP contribution in [0.2, 0.25) is 0 Å². The molecule has 2 aliphatic rings. The maximum absolute atomic E-state index is 11.5. The highest BCUT2D eigenvalue weighted by Gasteiger charge is 2.54. The maximum atomic E-state index is 11.5. The van der Waals surface area contributed by atoms with Crippen LogP contribution in [-0.2, 0) is 24.1 Å². The zero-order valence-electron chi connectivity index (χ0n) is 22.3. The van der Waals surface area contributed by atoms with Gasteiger partial charge in [0.1, 0.15) is 12.7 Å². The molecule has 5 rings (SSSR count). The van der Waals surface area contributed by atoms with Crippen LogP contribution in [0.5, 0.6) is 6.01 Å². The minimum Gasteiger partial charge on any atom is -0.481 e. The molecule has 1 aromatic heterocycles. The molecular formula is C31H36N2O5. The van der Waals surface area contributed by atoms with Crippen LogP contribution in [0.3, 0.4) is 0 Å². The Labute approximate surface area is 223 Å². The van der Waals surface area contributed by atoms with Crippen LogP contribution in [0.4, 0.5) is 0 Å². The second-order valence-corrected chi connectivity index (χ2v) is 11.0. The lowest BCUT2D eigenvalue weighted by Crippen LogP contribution is -2.22. The number of carboxylic acids is 1. The molecule has 0 bridgehead atoms. The van der Waals surface area contributed by atoms with E-state index in [1.54, 1.807) is 0 Å². The Balaban J connectivity index is 1.33. The van der Waals surface area contributed by atoms with Gasteiger partial charge in [-0.1, -0.05) is 36.4 Å². The molecule has 7 nitrogen and oxygen atoms in total. The lowest BCUT2D eigenvalue weighted by molar-refractivity contribution is -0.137. The fraction of sp³-hybridized carbons (Fsp3) is 0.452. The molecule has 2 atom stereocenters. The molecule has 1 fully saturated rings. The Kier molecular flexibility index (Phi) is 7.25. The van der Waals surface area contributed by atoms with Crippen molar-refractivity contribution in [3.8, 4) is 17.1 Å². The molecule has 1 saturated carbocycles. The highest BCUT2D eigenvalue weighted by atomic mass is 16.5. The maximum Gasteiger partial charge on any atom is 0.316 e. The average molecular weight is 517 g/mol. The number of carbonyl (C=O) groups is 1. The highest BCUT2D eigenvalue weighted by Crippen LogP contribution is 2.64. The van der Waals surface area contributed by atoms with Crippen molar-refractivity contribution in [3.05, 3.63) is 75.6 Å². The molecule has 0 radical (unpaired) electrons. The van der Waals surface area contributed by atoms with Gasteiger partial charge in [0.2, 0.25) is 0 Å². The number of rotatable bonds is 10. The van der Waals surface area contributed by atoms with E-state index in [2.05, 4.69) is 53.3 Å². The zero-order chi connectivity index (χ0) is 27.0. The van der Waals surface area contributed by atoms with Crippen molar-refractivity contribution in [3.63, 3.8) is 0 Å². The zero-order valence-corrected chi connectivity index (χ0v) is 22.3. The van der Waals surface area contributed by atoms with E-state index in [-0.39, 0.29) is 37.0 Å². The minimum atomic E-state index is -0.968. The van der Waals surface area contributed by atoms with Crippen molar-refractivity contribution < 1.29 is 24.9 Å². The Morgan fingerprint density at radius 3 is 2.50 bits per heavy atom. The number of aliphatic hydroxyl groups excluding tert-OH is 2. The van der Waals surface area contributed by atoms with Gasteiger partial charge in [0.15, 0.2) is 0 Å². The third-order valence-corrected chi connectivity index (χ3v) is 8.40. The van der Waals surface area contributed by atoms with Crippen molar-refractivity contribution in [2.75, 3.05) is 13.2 Å². The van der Waals surface area contributed by atoms with Crippen molar-refractivity contribution in [1.29, 1.82) is 0 Å². The van der Waals surface area contributed by atoms with Crippen LogP contribution in [0.15, 0.2) is 36.4 Å². The number of aryl methyl sites for hydroxylation is 4. The van der Waals surface area contributed by atoms with Gasteiger partial charge in [-0.2, -0.15) is 9.97 Å². The number of ether oxygens (including phenoxy) is 1. The number of carboxylic acid groups (broad SMARTS) is 1. The van der Waals surface area contributed by atoms with Gasteiger partial charge in [0.05, 0.1) is 24.4 Å².